The van der Waals surface area contributed by atoms with Gasteiger partial charge in [0.2, 0.25) is 0 Å². The Hall–Kier alpha value is -2.65. The van der Waals surface area contributed by atoms with Crippen LogP contribution in [0.1, 0.15) is 25.7 Å². The van der Waals surface area contributed by atoms with Crippen molar-refractivity contribution in [3.05, 3.63) is 35.3 Å². The summed E-state index contributed by atoms with van der Waals surface area (Å²) in [7, 11) is 1.22. The number of ether oxygens (including phenoxy) is 1. The van der Waals surface area contributed by atoms with E-state index < -0.39 is 17.7 Å². The van der Waals surface area contributed by atoms with E-state index in [4.69, 9.17) is 9.84 Å². The zero-order valence-corrected chi connectivity index (χ0v) is 16.3. The van der Waals surface area contributed by atoms with Gasteiger partial charge in [0.05, 0.1) is 43.3 Å². The minimum absolute atomic E-state index is 0.00456. The van der Waals surface area contributed by atoms with Crippen molar-refractivity contribution in [1.29, 1.82) is 0 Å². The van der Waals surface area contributed by atoms with E-state index in [0.717, 1.165) is 0 Å². The van der Waals surface area contributed by atoms with Gasteiger partial charge in [0.15, 0.2) is 0 Å². The molecule has 1 heterocycles. The first-order valence-corrected chi connectivity index (χ1v) is 9.66. The van der Waals surface area contributed by atoms with Gasteiger partial charge < -0.3 is 30.5 Å². The minimum Gasteiger partial charge on any atom is -0.466 e. The maximum Gasteiger partial charge on any atom is 0.337 e. The van der Waals surface area contributed by atoms with E-state index in [2.05, 4.69) is 10.6 Å². The average molecular weight is 407 g/mol. The molecule has 1 aromatic rings. The van der Waals surface area contributed by atoms with Gasteiger partial charge in [-0.15, -0.1) is 0 Å². The van der Waals surface area contributed by atoms with E-state index in [9.17, 15) is 19.1 Å². The number of amides is 1. The maximum atomic E-state index is 14.6. The molecule has 1 saturated carbocycles. The number of aliphatic hydroxyl groups excluding tert-OH is 2. The van der Waals surface area contributed by atoms with Crippen LogP contribution < -0.4 is 10.6 Å². The van der Waals surface area contributed by atoms with Gasteiger partial charge in [-0.25, -0.2) is 9.18 Å². The van der Waals surface area contributed by atoms with Crippen molar-refractivity contribution in [3.63, 3.8) is 0 Å². The average Bonchev–Trinajstić information content (AvgIpc) is 3.01. The molecular formula is C20H26FN3O5. The third-order valence-corrected chi connectivity index (χ3v) is 5.27. The number of para-hydroxylation sites is 1. The van der Waals surface area contributed by atoms with E-state index in [1.165, 1.54) is 24.1 Å². The molecule has 1 amide bonds. The van der Waals surface area contributed by atoms with Crippen molar-refractivity contribution in [2.75, 3.05) is 37.4 Å². The number of esters is 1. The number of methoxy groups -OCH3 is 1. The first-order valence-electron chi connectivity index (χ1n) is 9.66. The number of aliphatic hydroxyl groups is 2. The van der Waals surface area contributed by atoms with E-state index in [-0.39, 0.29) is 48.8 Å². The van der Waals surface area contributed by atoms with Crippen LogP contribution in [-0.4, -0.2) is 65.9 Å². The fraction of sp³-hybridized carbons (Fsp3) is 0.500. The molecule has 0 bridgehead atoms. The summed E-state index contributed by atoms with van der Waals surface area (Å²) in [5.41, 5.74) is 0.672. The van der Waals surface area contributed by atoms with E-state index in [1.807, 2.05) is 0 Å². The second-order valence-corrected chi connectivity index (χ2v) is 7.23. The lowest BCUT2D eigenvalue weighted by Gasteiger charge is -2.28. The van der Waals surface area contributed by atoms with Crippen LogP contribution in [0.3, 0.4) is 0 Å². The molecule has 2 aliphatic rings. The summed E-state index contributed by atoms with van der Waals surface area (Å²) in [6, 6.07) is 4.44. The number of carbonyl (C=O) groups excluding carboxylic acids is 2. The number of carbonyl (C=O) groups is 2. The zero-order chi connectivity index (χ0) is 21.0. The Balaban J connectivity index is 1.87. The van der Waals surface area contributed by atoms with Crippen molar-refractivity contribution >= 4 is 23.3 Å². The number of β-amino-alcohol motifs (C(OH)–C–C–N with tert-alkyl or cyclic N) is 1. The molecule has 0 atom stereocenters. The first kappa shape index (κ1) is 21.1. The third kappa shape index (κ3) is 4.68. The van der Waals surface area contributed by atoms with Gasteiger partial charge in [-0.3, -0.25) is 4.79 Å². The molecule has 0 spiro atoms. The number of hydrogen-bond donors (Lipinski definition) is 4. The molecule has 3 rings (SSSR count). The van der Waals surface area contributed by atoms with E-state index in [1.54, 1.807) is 6.07 Å². The van der Waals surface area contributed by atoms with Crippen molar-refractivity contribution in [2.45, 2.75) is 37.8 Å². The molecule has 158 valence electrons. The minimum atomic E-state index is -0.659. The third-order valence-electron chi connectivity index (χ3n) is 5.27. The SMILES string of the molecule is COC(=O)C1=C(Nc2cccc(F)c2NC2CCC(O)CC2)C(=O)N(CCO)C1. The molecule has 0 radical (unpaired) electrons. The maximum absolute atomic E-state index is 14.6. The molecule has 4 N–H and O–H groups in total. The first-order chi connectivity index (χ1) is 13.9. The topological polar surface area (TPSA) is 111 Å². The lowest BCUT2D eigenvalue weighted by molar-refractivity contribution is -0.136. The Morgan fingerprint density at radius 3 is 2.69 bits per heavy atom. The molecular weight excluding hydrogens is 381 g/mol. The van der Waals surface area contributed by atoms with E-state index in [0.29, 0.717) is 31.4 Å². The van der Waals surface area contributed by atoms with Gasteiger partial charge in [0.25, 0.3) is 5.91 Å². The second-order valence-electron chi connectivity index (χ2n) is 7.23. The molecule has 8 nitrogen and oxygen atoms in total. The second kappa shape index (κ2) is 9.23. The Kier molecular flexibility index (Phi) is 6.71. The molecule has 9 heteroatoms. The lowest BCUT2D eigenvalue weighted by Crippen LogP contribution is -2.31. The predicted octanol–water partition coefficient (Wildman–Crippen LogP) is 1.21. The van der Waals surface area contributed by atoms with Crippen molar-refractivity contribution < 1.29 is 28.9 Å². The molecule has 1 aliphatic heterocycles. The number of benzene rings is 1. The molecule has 1 aliphatic carbocycles. The van der Waals surface area contributed by atoms with Gasteiger partial charge in [-0.1, -0.05) is 6.07 Å². The Bertz CT molecular complexity index is 805. The highest BCUT2D eigenvalue weighted by molar-refractivity contribution is 6.09. The Morgan fingerprint density at radius 2 is 2.03 bits per heavy atom. The Morgan fingerprint density at radius 1 is 1.31 bits per heavy atom. The van der Waals surface area contributed by atoms with Gasteiger partial charge in [-0.05, 0) is 37.8 Å². The quantitative estimate of drug-likeness (QED) is 0.503. The van der Waals surface area contributed by atoms with E-state index >= 15 is 0 Å². The number of nitrogens with zero attached hydrogens (tertiary/aromatic N) is 1. The van der Waals surface area contributed by atoms with Crippen molar-refractivity contribution in [1.82, 2.24) is 4.90 Å². The summed E-state index contributed by atoms with van der Waals surface area (Å²) in [5, 5.41) is 24.9. The van der Waals surface area contributed by atoms with Gasteiger partial charge in [0.1, 0.15) is 11.5 Å². The molecule has 1 fully saturated rings. The van der Waals surface area contributed by atoms with Crippen molar-refractivity contribution in [2.24, 2.45) is 0 Å². The molecule has 29 heavy (non-hydrogen) atoms. The number of nitrogens with one attached hydrogen (secondary N) is 2. The predicted molar refractivity (Wildman–Crippen MR) is 105 cm³/mol. The van der Waals surface area contributed by atoms with Crippen LogP contribution in [0.5, 0.6) is 0 Å². The van der Waals surface area contributed by atoms with Crippen LogP contribution in [0.4, 0.5) is 15.8 Å². The summed E-state index contributed by atoms with van der Waals surface area (Å²) < 4.78 is 19.4. The largest absolute Gasteiger partial charge is 0.466 e. The monoisotopic (exact) mass is 407 g/mol. The highest BCUT2D eigenvalue weighted by Crippen LogP contribution is 2.32. The van der Waals surface area contributed by atoms with Gasteiger partial charge in [-0.2, -0.15) is 0 Å². The standard InChI is InChI=1S/C20H26FN3O5/c1-29-20(28)14-11-24(9-10-25)19(27)17(14)23-16-4-2-3-15(21)18(16)22-12-5-7-13(26)8-6-12/h2-4,12-13,22-23,25-26H,5-11H2,1H3. The van der Waals surface area contributed by atoms with Crippen LogP contribution in [0.15, 0.2) is 29.5 Å². The summed E-state index contributed by atoms with van der Waals surface area (Å²) in [6.07, 6.45) is 2.36. The summed E-state index contributed by atoms with van der Waals surface area (Å²) in [4.78, 5) is 26.2. The molecule has 0 saturated heterocycles. The fourth-order valence-electron chi connectivity index (χ4n) is 3.68. The summed E-state index contributed by atoms with van der Waals surface area (Å²) >= 11 is 0. The fourth-order valence-corrected chi connectivity index (χ4v) is 3.68. The van der Waals surface area contributed by atoms with Crippen LogP contribution in [-0.2, 0) is 14.3 Å². The number of rotatable bonds is 7. The number of halogens is 1. The smallest absolute Gasteiger partial charge is 0.337 e. The lowest BCUT2D eigenvalue weighted by atomic mass is 9.93. The van der Waals surface area contributed by atoms with Gasteiger partial charge >= 0.3 is 5.97 Å². The Labute approximate surface area is 168 Å². The zero-order valence-electron chi connectivity index (χ0n) is 16.3. The van der Waals surface area contributed by atoms with Gasteiger partial charge in [0, 0.05) is 12.6 Å². The molecule has 1 aromatic carbocycles. The van der Waals surface area contributed by atoms with Crippen molar-refractivity contribution in [3.8, 4) is 0 Å². The number of anilines is 2. The normalized spacial score (nSPS) is 22.1. The summed E-state index contributed by atoms with van der Waals surface area (Å²) in [5.74, 6) is -1.61. The highest BCUT2D eigenvalue weighted by Gasteiger charge is 2.35. The summed E-state index contributed by atoms with van der Waals surface area (Å²) in [6.45, 7) is -0.163. The van der Waals surface area contributed by atoms with Crippen LogP contribution in [0, 0.1) is 5.82 Å². The van der Waals surface area contributed by atoms with Crippen LogP contribution >= 0.6 is 0 Å². The molecule has 0 aromatic heterocycles. The molecule has 0 unspecified atom stereocenters. The highest BCUT2D eigenvalue weighted by atomic mass is 19.1. The van der Waals surface area contributed by atoms with Crippen LogP contribution in [0.2, 0.25) is 0 Å². The number of hydrogen-bond acceptors (Lipinski definition) is 7. The van der Waals surface area contributed by atoms with Crippen LogP contribution in [0.25, 0.3) is 0 Å².